The van der Waals surface area contributed by atoms with Crippen LogP contribution in [0.1, 0.15) is 19.3 Å². The highest BCUT2D eigenvalue weighted by atomic mass is 16.5. The summed E-state index contributed by atoms with van der Waals surface area (Å²) in [5.74, 6) is 1.48. The van der Waals surface area contributed by atoms with Crippen molar-refractivity contribution in [3.63, 3.8) is 0 Å². The molecule has 1 aromatic rings. The molecule has 2 heterocycles. The molecule has 1 N–H and O–H groups in total. The minimum Gasteiger partial charge on any atom is -0.506 e. The van der Waals surface area contributed by atoms with Gasteiger partial charge in [-0.2, -0.15) is 0 Å². The smallest absolute Gasteiger partial charge is 0.141 e. The van der Waals surface area contributed by atoms with E-state index >= 15 is 0 Å². The molecule has 0 aliphatic carbocycles. The van der Waals surface area contributed by atoms with E-state index in [0.717, 1.165) is 32.5 Å². The summed E-state index contributed by atoms with van der Waals surface area (Å²) in [4.78, 5) is 3.85. The third-order valence-electron chi connectivity index (χ3n) is 2.83. The summed E-state index contributed by atoms with van der Waals surface area (Å²) in [7, 11) is 0. The van der Waals surface area contributed by atoms with E-state index in [0.29, 0.717) is 18.3 Å². The summed E-state index contributed by atoms with van der Waals surface area (Å²) in [5.41, 5.74) is 0. The number of nitrogens with zero attached hydrogens (tertiary/aromatic N) is 1. The van der Waals surface area contributed by atoms with Crippen LogP contribution >= 0.6 is 0 Å². The second-order valence-electron chi connectivity index (χ2n) is 4.07. The van der Waals surface area contributed by atoms with E-state index in [4.69, 9.17) is 9.47 Å². The number of hydrogen-bond acceptors (Lipinski definition) is 4. The molecule has 1 fully saturated rings. The first-order valence-electron chi connectivity index (χ1n) is 5.69. The van der Waals surface area contributed by atoms with E-state index in [1.807, 2.05) is 0 Å². The highest BCUT2D eigenvalue weighted by Crippen LogP contribution is 2.20. The Kier molecular flexibility index (Phi) is 3.99. The van der Waals surface area contributed by atoms with Crippen molar-refractivity contribution in [2.75, 3.05) is 19.8 Å². The minimum absolute atomic E-state index is 0.142. The standard InChI is InChI=1S/C12H17NO3/c14-11-7-12(9-13-8-11)16-6-3-10-1-4-15-5-2-10/h7-10,14H,1-6H2. The number of ether oxygens (including phenoxy) is 2. The molecular formula is C12H17NO3. The van der Waals surface area contributed by atoms with Gasteiger partial charge in [0.25, 0.3) is 0 Å². The number of hydrogen-bond donors (Lipinski definition) is 1. The zero-order chi connectivity index (χ0) is 11.2. The SMILES string of the molecule is Oc1cncc(OCCC2CCOCC2)c1. The van der Waals surface area contributed by atoms with Crippen LogP contribution in [0.3, 0.4) is 0 Å². The first-order valence-corrected chi connectivity index (χ1v) is 5.69. The van der Waals surface area contributed by atoms with Gasteiger partial charge in [0.2, 0.25) is 0 Å². The molecule has 1 aromatic heterocycles. The van der Waals surface area contributed by atoms with Crippen LogP contribution in [0.15, 0.2) is 18.5 Å². The highest BCUT2D eigenvalue weighted by Gasteiger charge is 2.13. The normalized spacial score (nSPS) is 17.2. The average molecular weight is 223 g/mol. The molecule has 1 aliphatic rings. The van der Waals surface area contributed by atoms with Crippen LogP contribution < -0.4 is 4.74 Å². The van der Waals surface area contributed by atoms with Gasteiger partial charge < -0.3 is 14.6 Å². The number of aromatic nitrogens is 1. The molecule has 1 aliphatic heterocycles. The van der Waals surface area contributed by atoms with Crippen molar-refractivity contribution in [2.45, 2.75) is 19.3 Å². The molecule has 0 spiro atoms. The largest absolute Gasteiger partial charge is 0.506 e. The van der Waals surface area contributed by atoms with Crippen molar-refractivity contribution >= 4 is 0 Å². The van der Waals surface area contributed by atoms with E-state index in [1.165, 1.54) is 6.20 Å². The van der Waals surface area contributed by atoms with Gasteiger partial charge in [0.1, 0.15) is 11.5 Å². The molecule has 0 radical (unpaired) electrons. The van der Waals surface area contributed by atoms with Gasteiger partial charge in [-0.1, -0.05) is 0 Å². The summed E-state index contributed by atoms with van der Waals surface area (Å²) in [6, 6.07) is 1.58. The predicted molar refractivity (Wildman–Crippen MR) is 59.6 cm³/mol. The molecule has 1 saturated heterocycles. The molecule has 0 amide bonds. The molecule has 0 saturated carbocycles. The van der Waals surface area contributed by atoms with Crippen molar-refractivity contribution in [2.24, 2.45) is 5.92 Å². The van der Waals surface area contributed by atoms with Gasteiger partial charge in [0, 0.05) is 19.3 Å². The maximum absolute atomic E-state index is 9.20. The Balaban J connectivity index is 1.71. The minimum atomic E-state index is 0.142. The van der Waals surface area contributed by atoms with Gasteiger partial charge >= 0.3 is 0 Å². The fraction of sp³-hybridized carbons (Fsp3) is 0.583. The van der Waals surface area contributed by atoms with Gasteiger partial charge in [0.15, 0.2) is 0 Å². The maximum atomic E-state index is 9.20. The van der Waals surface area contributed by atoms with Crippen molar-refractivity contribution in [1.82, 2.24) is 4.98 Å². The van der Waals surface area contributed by atoms with Gasteiger partial charge in [-0.15, -0.1) is 0 Å². The zero-order valence-electron chi connectivity index (χ0n) is 9.26. The lowest BCUT2D eigenvalue weighted by Crippen LogP contribution is -2.17. The van der Waals surface area contributed by atoms with Gasteiger partial charge in [-0.3, -0.25) is 4.98 Å². The molecule has 88 valence electrons. The Bertz CT molecular complexity index is 324. The molecule has 0 atom stereocenters. The molecule has 16 heavy (non-hydrogen) atoms. The van der Waals surface area contributed by atoms with E-state index in [-0.39, 0.29) is 5.75 Å². The monoisotopic (exact) mass is 223 g/mol. The second-order valence-corrected chi connectivity index (χ2v) is 4.07. The first kappa shape index (κ1) is 11.2. The Labute approximate surface area is 95.2 Å². The van der Waals surface area contributed by atoms with Crippen molar-refractivity contribution in [1.29, 1.82) is 0 Å². The predicted octanol–water partition coefficient (Wildman–Crippen LogP) is 1.98. The van der Waals surface area contributed by atoms with E-state index in [1.54, 1.807) is 12.3 Å². The van der Waals surface area contributed by atoms with Crippen LogP contribution in [-0.4, -0.2) is 29.9 Å². The molecule has 0 bridgehead atoms. The van der Waals surface area contributed by atoms with Crippen LogP contribution in [-0.2, 0) is 4.74 Å². The Morgan fingerprint density at radius 2 is 2.19 bits per heavy atom. The lowest BCUT2D eigenvalue weighted by molar-refractivity contribution is 0.0593. The average Bonchev–Trinajstić information content (AvgIpc) is 2.30. The molecular weight excluding hydrogens is 206 g/mol. The summed E-state index contributed by atoms with van der Waals surface area (Å²) in [6.45, 7) is 2.42. The van der Waals surface area contributed by atoms with Crippen LogP contribution in [0.4, 0.5) is 0 Å². The van der Waals surface area contributed by atoms with Gasteiger partial charge in [-0.05, 0) is 25.2 Å². The zero-order valence-corrected chi connectivity index (χ0v) is 9.26. The van der Waals surface area contributed by atoms with Crippen molar-refractivity contribution < 1.29 is 14.6 Å². The van der Waals surface area contributed by atoms with Gasteiger partial charge in [-0.25, -0.2) is 0 Å². The summed E-state index contributed by atoms with van der Waals surface area (Å²) < 4.78 is 10.8. The van der Waals surface area contributed by atoms with Crippen molar-refractivity contribution in [3.05, 3.63) is 18.5 Å². The third kappa shape index (κ3) is 3.38. The van der Waals surface area contributed by atoms with E-state index in [9.17, 15) is 5.11 Å². The fourth-order valence-corrected chi connectivity index (χ4v) is 1.86. The Morgan fingerprint density at radius 1 is 1.38 bits per heavy atom. The lowest BCUT2D eigenvalue weighted by atomic mass is 9.97. The summed E-state index contributed by atoms with van der Waals surface area (Å²) in [6.07, 6.45) is 6.30. The molecule has 4 heteroatoms. The topological polar surface area (TPSA) is 51.6 Å². The molecule has 0 unspecified atom stereocenters. The Hall–Kier alpha value is -1.29. The first-order chi connectivity index (χ1) is 7.84. The number of rotatable bonds is 4. The van der Waals surface area contributed by atoms with E-state index in [2.05, 4.69) is 4.98 Å². The number of pyridine rings is 1. The van der Waals surface area contributed by atoms with Crippen LogP contribution in [0.2, 0.25) is 0 Å². The van der Waals surface area contributed by atoms with Crippen molar-refractivity contribution in [3.8, 4) is 11.5 Å². The van der Waals surface area contributed by atoms with Crippen LogP contribution in [0.25, 0.3) is 0 Å². The highest BCUT2D eigenvalue weighted by molar-refractivity contribution is 5.26. The summed E-state index contributed by atoms with van der Waals surface area (Å²) >= 11 is 0. The second kappa shape index (κ2) is 5.70. The number of aromatic hydroxyl groups is 1. The third-order valence-corrected chi connectivity index (χ3v) is 2.83. The van der Waals surface area contributed by atoms with E-state index < -0.39 is 0 Å². The van der Waals surface area contributed by atoms with Gasteiger partial charge in [0.05, 0.1) is 19.0 Å². The lowest BCUT2D eigenvalue weighted by Gasteiger charge is -2.21. The van der Waals surface area contributed by atoms with Crippen LogP contribution in [0, 0.1) is 5.92 Å². The molecule has 2 rings (SSSR count). The maximum Gasteiger partial charge on any atom is 0.141 e. The fourth-order valence-electron chi connectivity index (χ4n) is 1.86. The quantitative estimate of drug-likeness (QED) is 0.848. The van der Waals surface area contributed by atoms with Crippen LogP contribution in [0.5, 0.6) is 11.5 Å². The summed E-state index contributed by atoms with van der Waals surface area (Å²) in [5, 5.41) is 9.20. The Morgan fingerprint density at radius 3 is 2.94 bits per heavy atom. The molecule has 4 nitrogen and oxygen atoms in total. The molecule has 0 aromatic carbocycles.